The monoisotopic (exact) mass is 233 g/mol. The van der Waals surface area contributed by atoms with Crippen molar-refractivity contribution in [1.29, 1.82) is 0 Å². The molecule has 0 amide bonds. The zero-order valence-electron chi connectivity index (χ0n) is 9.12. The third-order valence-corrected chi connectivity index (χ3v) is 2.69. The highest BCUT2D eigenvalue weighted by Gasteiger charge is 2.20. The van der Waals surface area contributed by atoms with E-state index in [0.29, 0.717) is 10.9 Å². The van der Waals surface area contributed by atoms with Crippen LogP contribution in [0.2, 0.25) is 0 Å². The number of para-hydroxylation sites is 1. The van der Waals surface area contributed by atoms with E-state index >= 15 is 0 Å². The van der Waals surface area contributed by atoms with E-state index in [1.807, 2.05) is 0 Å². The fourth-order valence-corrected chi connectivity index (χ4v) is 1.78. The lowest BCUT2D eigenvalue weighted by Crippen LogP contribution is -2.26. The fourth-order valence-electron chi connectivity index (χ4n) is 1.78. The minimum atomic E-state index is -1.79. The number of aliphatic carboxylic acids is 1. The number of aliphatic hydroxyl groups excluding tert-OH is 1. The lowest BCUT2D eigenvalue weighted by Gasteiger charge is -2.10. The molecule has 5 heteroatoms. The molecule has 0 unspecified atom stereocenters. The predicted molar refractivity (Wildman–Crippen MR) is 61.8 cm³/mol. The number of nitrogens with zero attached hydrogens (tertiary/aromatic N) is 1. The van der Waals surface area contributed by atoms with Gasteiger partial charge in [0.05, 0.1) is 11.1 Å². The molecule has 0 saturated heterocycles. The molecular formula is C12H11NO4. The van der Waals surface area contributed by atoms with Gasteiger partial charge in [-0.05, 0) is 17.5 Å². The summed E-state index contributed by atoms with van der Waals surface area (Å²) >= 11 is 0. The van der Waals surface area contributed by atoms with Crippen LogP contribution in [-0.4, -0.2) is 20.7 Å². The maximum absolute atomic E-state index is 11.9. The van der Waals surface area contributed by atoms with Crippen LogP contribution in [0.1, 0.15) is 11.7 Å². The van der Waals surface area contributed by atoms with Crippen LogP contribution >= 0.6 is 0 Å². The largest absolute Gasteiger partial charge is 0.479 e. The second-order valence-electron chi connectivity index (χ2n) is 3.76. The Hall–Kier alpha value is -2.14. The van der Waals surface area contributed by atoms with Gasteiger partial charge in [-0.25, -0.2) is 4.79 Å². The van der Waals surface area contributed by atoms with Gasteiger partial charge in [-0.3, -0.25) is 4.79 Å². The summed E-state index contributed by atoms with van der Waals surface area (Å²) in [4.78, 5) is 22.6. The van der Waals surface area contributed by atoms with Gasteiger partial charge in [-0.15, -0.1) is 0 Å². The van der Waals surface area contributed by atoms with Crippen LogP contribution < -0.4 is 5.56 Å². The number of aryl methyl sites for hydroxylation is 1. The molecule has 1 aromatic carbocycles. The first-order chi connectivity index (χ1) is 8.02. The Morgan fingerprint density at radius 3 is 2.65 bits per heavy atom. The van der Waals surface area contributed by atoms with Crippen LogP contribution in [0.25, 0.3) is 10.9 Å². The lowest BCUT2D eigenvalue weighted by atomic mass is 10.1. The molecule has 88 valence electrons. The molecule has 2 N–H and O–H groups in total. The zero-order chi connectivity index (χ0) is 12.6. The Bertz CT molecular complexity index is 644. The molecule has 1 atom stereocenters. The van der Waals surface area contributed by atoms with Crippen LogP contribution in [0, 0.1) is 0 Å². The second-order valence-corrected chi connectivity index (χ2v) is 3.76. The maximum atomic E-state index is 11.9. The molecule has 0 fully saturated rings. The number of hydrogen-bond donors (Lipinski definition) is 2. The second kappa shape index (κ2) is 4.03. The van der Waals surface area contributed by atoms with Crippen LogP contribution in [-0.2, 0) is 11.8 Å². The minimum Gasteiger partial charge on any atom is -0.479 e. The first-order valence-corrected chi connectivity index (χ1v) is 5.02. The Labute approximate surface area is 96.5 Å². The van der Waals surface area contributed by atoms with Gasteiger partial charge < -0.3 is 14.8 Å². The third kappa shape index (κ3) is 1.81. The normalized spacial score (nSPS) is 12.6. The van der Waals surface area contributed by atoms with E-state index in [1.165, 1.54) is 10.6 Å². The number of hydrogen-bond acceptors (Lipinski definition) is 3. The molecule has 17 heavy (non-hydrogen) atoms. The Morgan fingerprint density at radius 1 is 1.35 bits per heavy atom. The van der Waals surface area contributed by atoms with Gasteiger partial charge in [0.2, 0.25) is 0 Å². The van der Waals surface area contributed by atoms with Crippen molar-refractivity contribution in [2.45, 2.75) is 6.10 Å². The van der Waals surface area contributed by atoms with Gasteiger partial charge in [0.25, 0.3) is 5.56 Å². The number of rotatable bonds is 2. The number of fused-ring (bicyclic) bond motifs is 1. The topological polar surface area (TPSA) is 79.5 Å². The Morgan fingerprint density at radius 2 is 2.00 bits per heavy atom. The summed E-state index contributed by atoms with van der Waals surface area (Å²) < 4.78 is 1.33. The highest BCUT2D eigenvalue weighted by atomic mass is 16.4. The van der Waals surface area contributed by atoms with Crippen molar-refractivity contribution in [2.75, 3.05) is 0 Å². The standard InChI is InChI=1S/C12H11NO4/c1-13-9-5-3-2-4-7(9)6-8(11(13)15)10(14)12(16)17/h2-6,10,14H,1H3,(H,16,17)/t10-/m0/s1. The number of carboxylic acids is 1. The van der Waals surface area contributed by atoms with Gasteiger partial charge in [0, 0.05) is 7.05 Å². The highest BCUT2D eigenvalue weighted by molar-refractivity contribution is 5.82. The van der Waals surface area contributed by atoms with Crippen molar-refractivity contribution in [3.8, 4) is 0 Å². The molecule has 0 bridgehead atoms. The van der Waals surface area contributed by atoms with Gasteiger partial charge in [-0.1, -0.05) is 18.2 Å². The number of carbonyl (C=O) groups is 1. The van der Waals surface area contributed by atoms with Crippen LogP contribution in [0.3, 0.4) is 0 Å². The SMILES string of the molecule is Cn1c(=O)c([C@H](O)C(=O)O)cc2ccccc21. The Balaban J connectivity index is 2.79. The van der Waals surface area contributed by atoms with Crippen molar-refractivity contribution in [1.82, 2.24) is 4.57 Å². The molecule has 2 aromatic rings. The quantitative estimate of drug-likeness (QED) is 0.798. The van der Waals surface area contributed by atoms with Crippen LogP contribution in [0.4, 0.5) is 0 Å². The predicted octanol–water partition coefficient (Wildman–Crippen LogP) is 0.656. The lowest BCUT2D eigenvalue weighted by molar-refractivity contribution is -0.147. The molecule has 5 nitrogen and oxygen atoms in total. The summed E-state index contributed by atoms with van der Waals surface area (Å²) in [6.07, 6.45) is -1.79. The van der Waals surface area contributed by atoms with E-state index in [1.54, 1.807) is 31.3 Å². The van der Waals surface area contributed by atoms with E-state index in [-0.39, 0.29) is 5.56 Å². The Kier molecular flexibility index (Phi) is 2.69. The number of carboxylic acid groups (broad SMARTS) is 1. The summed E-state index contributed by atoms with van der Waals surface area (Å²) in [6, 6.07) is 8.50. The number of aliphatic hydroxyl groups is 1. The van der Waals surface area contributed by atoms with Gasteiger partial charge in [0.1, 0.15) is 0 Å². The van der Waals surface area contributed by atoms with E-state index < -0.39 is 17.6 Å². The first kappa shape index (κ1) is 11.3. The van der Waals surface area contributed by atoms with E-state index in [9.17, 15) is 14.7 Å². The summed E-state index contributed by atoms with van der Waals surface area (Å²) in [7, 11) is 1.54. The molecule has 0 aliphatic heterocycles. The summed E-state index contributed by atoms with van der Waals surface area (Å²) in [6.45, 7) is 0. The summed E-state index contributed by atoms with van der Waals surface area (Å²) in [5, 5.41) is 18.9. The van der Waals surface area contributed by atoms with Crippen molar-refractivity contribution in [2.24, 2.45) is 7.05 Å². The van der Waals surface area contributed by atoms with Crippen molar-refractivity contribution in [3.05, 3.63) is 46.2 Å². The number of aromatic nitrogens is 1. The molecule has 1 aromatic heterocycles. The third-order valence-electron chi connectivity index (χ3n) is 2.69. The molecular weight excluding hydrogens is 222 g/mol. The van der Waals surface area contributed by atoms with Crippen LogP contribution in [0.5, 0.6) is 0 Å². The summed E-state index contributed by atoms with van der Waals surface area (Å²) in [5.74, 6) is -1.43. The van der Waals surface area contributed by atoms with Gasteiger partial charge >= 0.3 is 5.97 Å². The van der Waals surface area contributed by atoms with E-state index in [4.69, 9.17) is 5.11 Å². The molecule has 0 spiro atoms. The molecule has 1 heterocycles. The summed E-state index contributed by atoms with van der Waals surface area (Å²) in [5.41, 5.74) is 0.0659. The zero-order valence-corrected chi connectivity index (χ0v) is 9.12. The van der Waals surface area contributed by atoms with Gasteiger partial charge in [-0.2, -0.15) is 0 Å². The first-order valence-electron chi connectivity index (χ1n) is 5.02. The number of pyridine rings is 1. The molecule has 0 radical (unpaired) electrons. The van der Waals surface area contributed by atoms with Crippen LogP contribution in [0.15, 0.2) is 35.1 Å². The minimum absolute atomic E-state index is 0.126. The number of benzene rings is 1. The van der Waals surface area contributed by atoms with Crippen molar-refractivity contribution in [3.63, 3.8) is 0 Å². The van der Waals surface area contributed by atoms with Crippen molar-refractivity contribution >= 4 is 16.9 Å². The smallest absolute Gasteiger partial charge is 0.337 e. The van der Waals surface area contributed by atoms with Crippen molar-refractivity contribution < 1.29 is 15.0 Å². The molecule has 0 saturated carbocycles. The fraction of sp³-hybridized carbons (Fsp3) is 0.167. The molecule has 0 aliphatic rings. The van der Waals surface area contributed by atoms with E-state index in [0.717, 1.165) is 0 Å². The van der Waals surface area contributed by atoms with E-state index in [2.05, 4.69) is 0 Å². The van der Waals surface area contributed by atoms with Gasteiger partial charge in [0.15, 0.2) is 6.10 Å². The molecule has 0 aliphatic carbocycles. The average Bonchev–Trinajstić information content (AvgIpc) is 2.33. The maximum Gasteiger partial charge on any atom is 0.337 e. The average molecular weight is 233 g/mol. The molecule has 2 rings (SSSR count). The highest BCUT2D eigenvalue weighted by Crippen LogP contribution is 2.16.